The third kappa shape index (κ3) is 15.9. The zero-order valence-corrected chi connectivity index (χ0v) is 41.9. The molecule has 0 spiro atoms. The first-order valence-corrected chi connectivity index (χ1v) is 24.7. The van der Waals surface area contributed by atoms with Crippen LogP contribution in [-0.4, -0.2) is 84.9 Å². The number of hydrogen-bond acceptors (Lipinski definition) is 6. The largest absolute Gasteiger partial charge is 0.550 e. The van der Waals surface area contributed by atoms with E-state index in [0.29, 0.717) is 12.8 Å². The van der Waals surface area contributed by atoms with E-state index in [1.165, 1.54) is 67.3 Å². The molecule has 2 aliphatic carbocycles. The van der Waals surface area contributed by atoms with Gasteiger partial charge in [0, 0.05) is 73.8 Å². The van der Waals surface area contributed by atoms with Crippen LogP contribution in [0.2, 0.25) is 0 Å². The average Bonchev–Trinajstić information content (AvgIpc) is 3.37. The van der Waals surface area contributed by atoms with Crippen molar-refractivity contribution >= 4 is 45.9 Å². The van der Waals surface area contributed by atoms with Crippen LogP contribution >= 0.6 is 0 Å². The van der Waals surface area contributed by atoms with Crippen molar-refractivity contribution in [1.82, 2.24) is 0 Å². The maximum atomic E-state index is 9.77. The topological polar surface area (TPSA) is 92.8 Å². The number of rotatable bonds is 19. The van der Waals surface area contributed by atoms with E-state index in [2.05, 4.69) is 232 Å². The molecule has 0 unspecified atom stereocenters. The molecule has 0 N–H and O–H groups in total. The second kappa shape index (κ2) is 29.1. The molecule has 4 aromatic carbocycles. The Balaban J connectivity index is 0.000000248. The van der Waals surface area contributed by atoms with Crippen LogP contribution in [0.25, 0.3) is 11.1 Å². The number of nitrogens with zero attached hydrogens (tertiary/aromatic N) is 4. The molecule has 0 radical (unpaired) electrons. The lowest BCUT2D eigenvalue weighted by molar-refractivity contribution is -0.519. The number of benzene rings is 4. The molecule has 0 atom stereocenters. The molecule has 0 aliphatic heterocycles. The Bertz CT molecular complexity index is 2240. The van der Waals surface area contributed by atoms with Gasteiger partial charge in [0.25, 0.3) is 0 Å². The average molecular weight is 915 g/mol. The van der Waals surface area contributed by atoms with E-state index in [1.54, 1.807) is 0 Å². The van der Waals surface area contributed by atoms with Crippen LogP contribution in [0.15, 0.2) is 169 Å². The monoisotopic (exact) mass is 915 g/mol. The normalized spacial score (nSPS) is 12.4. The number of carboxylic acids is 2. The first-order valence-electron chi connectivity index (χ1n) is 24.7. The van der Waals surface area contributed by atoms with Gasteiger partial charge >= 0.3 is 0 Å². The Morgan fingerprint density at radius 1 is 0.397 bits per heavy atom. The number of unbranched alkanes of at least 4 members (excludes halogenated alkanes) is 1. The Morgan fingerprint density at radius 2 is 0.676 bits per heavy atom. The molecule has 0 fully saturated rings. The van der Waals surface area contributed by atoms with Gasteiger partial charge in [-0.3, -0.25) is 0 Å². The molecule has 68 heavy (non-hydrogen) atoms. The molecular weight excluding hydrogens is 841 g/mol. The second-order valence-electron chi connectivity index (χ2n) is 16.3. The lowest BCUT2D eigenvalue weighted by Gasteiger charge is -2.22. The zero-order chi connectivity index (χ0) is 49.3. The van der Waals surface area contributed by atoms with Gasteiger partial charge in [-0.15, -0.1) is 0 Å². The summed E-state index contributed by atoms with van der Waals surface area (Å²) in [7, 11) is 0. The van der Waals surface area contributed by atoms with Crippen LogP contribution in [0.4, 0.5) is 11.4 Å². The van der Waals surface area contributed by atoms with Crippen LogP contribution in [0.5, 0.6) is 0 Å². The minimum Gasteiger partial charge on any atom is -0.550 e. The number of carboxylic acid groups (broad SMARTS) is 2. The van der Waals surface area contributed by atoms with E-state index in [9.17, 15) is 19.8 Å². The predicted molar refractivity (Wildman–Crippen MR) is 283 cm³/mol. The number of carbonyl (C=O) groups excluding carboxylic acids is 2. The molecule has 0 saturated carbocycles. The van der Waals surface area contributed by atoms with E-state index in [-0.39, 0.29) is 12.8 Å². The van der Waals surface area contributed by atoms with Gasteiger partial charge in [-0.05, 0) is 174 Å². The van der Waals surface area contributed by atoms with Gasteiger partial charge in [0.15, 0.2) is 11.4 Å². The zero-order valence-electron chi connectivity index (χ0n) is 41.9. The summed E-state index contributed by atoms with van der Waals surface area (Å²) in [6, 6.07) is 39.4. The van der Waals surface area contributed by atoms with Gasteiger partial charge in [0.05, 0.1) is 0 Å². The molecular formula is C60H74N4O4. The molecule has 4 aromatic rings. The van der Waals surface area contributed by atoms with Gasteiger partial charge < -0.3 is 29.6 Å². The first-order chi connectivity index (χ1) is 33.0. The number of anilines is 2. The van der Waals surface area contributed by atoms with Crippen molar-refractivity contribution in [1.29, 1.82) is 0 Å². The third-order valence-corrected chi connectivity index (χ3v) is 12.3. The summed E-state index contributed by atoms with van der Waals surface area (Å²) >= 11 is 0. The number of hydrogen-bond donors (Lipinski definition) is 0. The lowest BCUT2D eigenvalue weighted by atomic mass is 9.90. The van der Waals surface area contributed by atoms with Crippen molar-refractivity contribution in [3.05, 3.63) is 191 Å². The summed E-state index contributed by atoms with van der Waals surface area (Å²) < 4.78 is 4.76. The highest BCUT2D eigenvalue weighted by Crippen LogP contribution is 2.32. The summed E-state index contributed by atoms with van der Waals surface area (Å²) in [5.41, 5.74) is 15.2. The number of carbonyl (C=O) groups is 2. The third-order valence-electron chi connectivity index (χ3n) is 12.3. The van der Waals surface area contributed by atoms with Crippen molar-refractivity contribution in [3.63, 3.8) is 0 Å². The Labute approximate surface area is 407 Å². The van der Waals surface area contributed by atoms with Gasteiger partial charge in [0.1, 0.15) is 26.2 Å². The van der Waals surface area contributed by atoms with E-state index in [0.717, 1.165) is 52.4 Å². The Kier molecular flexibility index (Phi) is 23.0. The summed E-state index contributed by atoms with van der Waals surface area (Å²) in [6.07, 6.45) is 18.6. The minimum atomic E-state index is -1.14. The predicted octanol–water partition coefficient (Wildman–Crippen LogP) is 9.95. The quantitative estimate of drug-likeness (QED) is 0.0688. The van der Waals surface area contributed by atoms with Crippen molar-refractivity contribution in [2.24, 2.45) is 0 Å². The first kappa shape index (κ1) is 53.8. The molecule has 0 saturated heterocycles. The van der Waals surface area contributed by atoms with Crippen LogP contribution in [0.1, 0.15) is 103 Å². The Hall–Kier alpha value is -6.80. The summed E-state index contributed by atoms with van der Waals surface area (Å²) in [5.74, 6) is -2.28. The summed E-state index contributed by atoms with van der Waals surface area (Å²) in [4.78, 5) is 24.3. The van der Waals surface area contributed by atoms with Gasteiger partial charge in [-0.25, -0.2) is 9.15 Å². The molecule has 8 heteroatoms. The molecule has 358 valence electrons. The minimum absolute atomic E-state index is 0.0761. The summed E-state index contributed by atoms with van der Waals surface area (Å²) in [6.45, 7) is 25.8. The maximum absolute atomic E-state index is 9.77. The van der Waals surface area contributed by atoms with Crippen molar-refractivity contribution in [2.45, 2.75) is 81.1 Å². The lowest BCUT2D eigenvalue weighted by Crippen LogP contribution is -2.23. The number of allylic oxidation sites excluding steroid dienone is 10. The standard InChI is InChI=1S/2C27H33N2.C6H10O4/c2*1-5-28(6-2)25-18-14-23(15-19-25)27(22-12-10-9-11-13-22)24-16-20-26(21-17-24)29(7-3)8-4;7-5(8)3-1-2-4-6(9)10/h2*9-21H,5-8H2,1-4H3;1-4H2,(H,7,8)(H,9,10)/q2*+1;/p-2. The highest BCUT2D eigenvalue weighted by Gasteiger charge is 2.16. The fourth-order valence-electron chi connectivity index (χ4n) is 8.46. The Morgan fingerprint density at radius 3 is 0.926 bits per heavy atom. The van der Waals surface area contributed by atoms with Crippen LogP contribution < -0.4 is 20.0 Å². The van der Waals surface area contributed by atoms with Gasteiger partial charge in [-0.1, -0.05) is 84.9 Å². The van der Waals surface area contributed by atoms with E-state index in [4.69, 9.17) is 0 Å². The highest BCUT2D eigenvalue weighted by molar-refractivity contribution is 6.04. The van der Waals surface area contributed by atoms with Crippen molar-refractivity contribution < 1.29 is 29.0 Å². The summed E-state index contributed by atoms with van der Waals surface area (Å²) in [5, 5.41) is 19.5. The van der Waals surface area contributed by atoms with Crippen LogP contribution in [0, 0.1) is 0 Å². The van der Waals surface area contributed by atoms with Crippen LogP contribution in [-0.2, 0) is 9.59 Å². The molecule has 2 aliphatic rings. The molecule has 0 bridgehead atoms. The molecule has 8 nitrogen and oxygen atoms in total. The SMILES string of the molecule is CCN(CC)c1ccc(C(=C2C=CC(=[N+](CC)CC)C=C2)c2ccccc2)cc1.CCN(CC)c1ccc(C(=C2C=CC(=[N+](CC)CC)C=C2)c2ccccc2)cc1.O=C([O-])CCCCC(=O)[O-]. The van der Waals surface area contributed by atoms with Crippen molar-refractivity contribution in [3.8, 4) is 0 Å². The number of aliphatic carboxylic acids is 2. The molecule has 0 aromatic heterocycles. The van der Waals surface area contributed by atoms with Crippen LogP contribution in [0.3, 0.4) is 0 Å². The van der Waals surface area contributed by atoms with E-state index < -0.39 is 11.9 Å². The molecule has 0 heterocycles. The fraction of sp³-hybridized carbons (Fsp3) is 0.333. The highest BCUT2D eigenvalue weighted by atomic mass is 16.4. The fourth-order valence-corrected chi connectivity index (χ4v) is 8.46. The van der Waals surface area contributed by atoms with Crippen molar-refractivity contribution in [2.75, 3.05) is 62.2 Å². The van der Waals surface area contributed by atoms with E-state index in [1.807, 2.05) is 0 Å². The smallest absolute Gasteiger partial charge is 0.199 e. The van der Waals surface area contributed by atoms with Gasteiger partial charge in [0.2, 0.25) is 0 Å². The molecule has 0 amide bonds. The molecule has 6 rings (SSSR count). The van der Waals surface area contributed by atoms with Gasteiger partial charge in [-0.2, -0.15) is 0 Å². The maximum Gasteiger partial charge on any atom is 0.199 e. The van der Waals surface area contributed by atoms with E-state index >= 15 is 0 Å². The second-order valence-corrected chi connectivity index (χ2v) is 16.3.